The Morgan fingerprint density at radius 1 is 1.30 bits per heavy atom. The third-order valence-corrected chi connectivity index (χ3v) is 8.73. The summed E-state index contributed by atoms with van der Waals surface area (Å²) in [5.41, 5.74) is -0.280. The lowest BCUT2D eigenvalue weighted by Gasteiger charge is -2.32. The van der Waals surface area contributed by atoms with E-state index < -0.39 is 12.0 Å². The fraction of sp³-hybridized carbons (Fsp3) is 0.636. The summed E-state index contributed by atoms with van der Waals surface area (Å²) in [5.74, 6) is 0.335. The fourth-order valence-electron chi connectivity index (χ4n) is 5.77. The molecule has 0 radical (unpaired) electrons. The highest BCUT2D eigenvalue weighted by Gasteiger charge is 2.49. The van der Waals surface area contributed by atoms with Crippen molar-refractivity contribution >= 4 is 44.3 Å². The number of ether oxygens (including phenoxy) is 3. The molecule has 7 nitrogen and oxygen atoms in total. The maximum absolute atomic E-state index is 15.4. The minimum absolute atomic E-state index is 0.0618. The first kappa shape index (κ1) is 22.0. The average Bonchev–Trinajstić information content (AvgIpc) is 3.46. The lowest BCUT2D eigenvalue weighted by molar-refractivity contribution is 0.107. The SMILES string of the molecule is CN1CC2COCC2Oc2c(Cl)c(Br)c(F)c3nc(OCC45CCCN4C[C@H](F)C5)nc1c23. The predicted molar refractivity (Wildman–Crippen MR) is 123 cm³/mol. The molecule has 33 heavy (non-hydrogen) atoms. The molecule has 1 aromatic heterocycles. The van der Waals surface area contributed by atoms with Crippen molar-refractivity contribution in [3.63, 3.8) is 0 Å². The Kier molecular flexibility index (Phi) is 5.36. The van der Waals surface area contributed by atoms with Gasteiger partial charge in [0.2, 0.25) is 0 Å². The zero-order chi connectivity index (χ0) is 22.9. The number of aromatic nitrogens is 2. The van der Waals surface area contributed by atoms with E-state index in [0.717, 1.165) is 19.4 Å². The molecule has 3 saturated heterocycles. The second-order valence-electron chi connectivity index (χ2n) is 9.52. The number of nitrogens with zero attached hydrogens (tertiary/aromatic N) is 4. The lowest BCUT2D eigenvalue weighted by Crippen LogP contribution is -2.43. The minimum Gasteiger partial charge on any atom is -0.485 e. The standard InChI is InChI=1S/C22H24BrClF2N4O3/c1-29-6-11-8-31-9-13(11)33-19-14-18(17(26)15(23)16(19)24)27-21(28-20(14)29)32-10-22-3-2-4-30(22)7-12(25)5-22/h11-13H,2-10H2,1H3/t11?,12-,13?,22?/m1/s1. The summed E-state index contributed by atoms with van der Waals surface area (Å²) in [4.78, 5) is 13.2. The molecule has 0 N–H and O–H groups in total. The quantitative estimate of drug-likeness (QED) is 0.541. The van der Waals surface area contributed by atoms with E-state index in [1.54, 1.807) is 0 Å². The van der Waals surface area contributed by atoms with Gasteiger partial charge in [-0.25, -0.2) is 8.78 Å². The van der Waals surface area contributed by atoms with Crippen molar-refractivity contribution in [2.75, 3.05) is 51.4 Å². The highest BCUT2D eigenvalue weighted by atomic mass is 79.9. The molecule has 0 saturated carbocycles. The van der Waals surface area contributed by atoms with Gasteiger partial charge in [-0.2, -0.15) is 9.97 Å². The largest absolute Gasteiger partial charge is 0.485 e. The smallest absolute Gasteiger partial charge is 0.319 e. The monoisotopic (exact) mass is 544 g/mol. The molecule has 3 fully saturated rings. The number of halogens is 4. The van der Waals surface area contributed by atoms with Crippen LogP contribution in [0, 0.1) is 11.7 Å². The van der Waals surface area contributed by atoms with Crippen molar-refractivity contribution in [1.82, 2.24) is 14.9 Å². The van der Waals surface area contributed by atoms with Crippen LogP contribution in [0.4, 0.5) is 14.6 Å². The molecule has 4 atom stereocenters. The Morgan fingerprint density at radius 2 is 2.15 bits per heavy atom. The first-order valence-electron chi connectivity index (χ1n) is 11.2. The van der Waals surface area contributed by atoms with Gasteiger partial charge >= 0.3 is 6.01 Å². The molecule has 4 aliphatic heterocycles. The summed E-state index contributed by atoms with van der Waals surface area (Å²) < 4.78 is 47.5. The average molecular weight is 546 g/mol. The summed E-state index contributed by atoms with van der Waals surface area (Å²) in [6.45, 7) is 3.18. The highest BCUT2D eigenvalue weighted by Crippen LogP contribution is 2.47. The molecular formula is C22H24BrClF2N4O3. The molecule has 4 aliphatic rings. The van der Waals surface area contributed by atoms with Gasteiger partial charge in [0.15, 0.2) is 11.6 Å². The third kappa shape index (κ3) is 3.47. The van der Waals surface area contributed by atoms with Gasteiger partial charge in [-0.1, -0.05) is 11.6 Å². The Morgan fingerprint density at radius 3 is 3.00 bits per heavy atom. The number of alkyl halides is 1. The maximum atomic E-state index is 15.4. The Bertz CT molecular complexity index is 1130. The summed E-state index contributed by atoms with van der Waals surface area (Å²) in [6.07, 6.45) is 1.25. The highest BCUT2D eigenvalue weighted by molar-refractivity contribution is 9.10. The molecule has 2 aromatic rings. The second kappa shape index (κ2) is 8.03. The van der Waals surface area contributed by atoms with Crippen molar-refractivity contribution in [3.05, 3.63) is 15.3 Å². The molecule has 0 amide bonds. The molecule has 11 heteroatoms. The zero-order valence-electron chi connectivity index (χ0n) is 18.1. The topological polar surface area (TPSA) is 60.0 Å². The number of anilines is 1. The molecule has 0 spiro atoms. The van der Waals surface area contributed by atoms with Crippen LogP contribution < -0.4 is 14.4 Å². The van der Waals surface area contributed by atoms with Gasteiger partial charge in [0.1, 0.15) is 35.2 Å². The molecular weight excluding hydrogens is 522 g/mol. The van der Waals surface area contributed by atoms with Crippen LogP contribution in [0.15, 0.2) is 4.47 Å². The van der Waals surface area contributed by atoms with Crippen molar-refractivity contribution in [1.29, 1.82) is 0 Å². The van der Waals surface area contributed by atoms with Crippen molar-refractivity contribution in [2.24, 2.45) is 5.92 Å². The van der Waals surface area contributed by atoms with Crippen LogP contribution in [0.2, 0.25) is 5.02 Å². The Hall–Kier alpha value is -1.49. The van der Waals surface area contributed by atoms with E-state index in [9.17, 15) is 4.39 Å². The minimum atomic E-state index is -0.859. The predicted octanol–water partition coefficient (Wildman–Crippen LogP) is 3.98. The van der Waals surface area contributed by atoms with Crippen molar-refractivity contribution in [2.45, 2.75) is 37.1 Å². The van der Waals surface area contributed by atoms with E-state index in [4.69, 9.17) is 25.8 Å². The molecule has 6 rings (SSSR count). The van der Waals surface area contributed by atoms with E-state index in [1.165, 1.54) is 0 Å². The van der Waals surface area contributed by atoms with Gasteiger partial charge in [-0.3, -0.25) is 4.90 Å². The van der Waals surface area contributed by atoms with Crippen LogP contribution >= 0.6 is 27.5 Å². The first-order valence-corrected chi connectivity index (χ1v) is 12.4. The Balaban J connectivity index is 1.43. The van der Waals surface area contributed by atoms with E-state index in [0.29, 0.717) is 49.7 Å². The number of hydrogen-bond acceptors (Lipinski definition) is 7. The van der Waals surface area contributed by atoms with Crippen LogP contribution in [0.5, 0.6) is 11.8 Å². The molecule has 0 aliphatic carbocycles. The van der Waals surface area contributed by atoms with E-state index in [1.807, 2.05) is 11.9 Å². The van der Waals surface area contributed by atoms with E-state index in [-0.39, 0.29) is 45.2 Å². The van der Waals surface area contributed by atoms with Gasteiger partial charge in [-0.05, 0) is 35.3 Å². The third-order valence-electron chi connectivity index (χ3n) is 7.40. The number of rotatable bonds is 3. The van der Waals surface area contributed by atoms with Crippen molar-refractivity contribution < 1.29 is 23.0 Å². The van der Waals surface area contributed by atoms with E-state index >= 15 is 4.39 Å². The number of benzene rings is 1. The van der Waals surface area contributed by atoms with Gasteiger partial charge in [-0.15, -0.1) is 0 Å². The van der Waals surface area contributed by atoms with E-state index in [2.05, 4.69) is 30.8 Å². The lowest BCUT2D eigenvalue weighted by atomic mass is 9.95. The van der Waals surface area contributed by atoms with Crippen LogP contribution in [0.25, 0.3) is 10.9 Å². The molecule has 0 bridgehead atoms. The summed E-state index contributed by atoms with van der Waals surface area (Å²) in [6, 6.07) is 0.0618. The zero-order valence-corrected chi connectivity index (χ0v) is 20.5. The second-order valence-corrected chi connectivity index (χ2v) is 10.7. The summed E-state index contributed by atoms with van der Waals surface area (Å²) >= 11 is 9.76. The number of hydrogen-bond donors (Lipinski definition) is 0. The van der Waals surface area contributed by atoms with Crippen LogP contribution in [0.1, 0.15) is 19.3 Å². The molecule has 1 aromatic carbocycles. The van der Waals surface area contributed by atoms with Gasteiger partial charge in [0, 0.05) is 32.5 Å². The molecule has 5 heterocycles. The van der Waals surface area contributed by atoms with Crippen LogP contribution in [0.3, 0.4) is 0 Å². The Labute approximate surface area is 203 Å². The van der Waals surface area contributed by atoms with Crippen LogP contribution in [-0.2, 0) is 4.74 Å². The van der Waals surface area contributed by atoms with Crippen molar-refractivity contribution in [3.8, 4) is 11.8 Å². The van der Waals surface area contributed by atoms with Crippen LogP contribution in [-0.4, -0.2) is 79.2 Å². The summed E-state index contributed by atoms with van der Waals surface area (Å²) in [5, 5.41) is 0.547. The van der Waals surface area contributed by atoms with Gasteiger partial charge < -0.3 is 19.1 Å². The number of fused-ring (bicyclic) bond motifs is 2. The van der Waals surface area contributed by atoms with Gasteiger partial charge in [0.25, 0.3) is 0 Å². The summed E-state index contributed by atoms with van der Waals surface area (Å²) in [7, 11) is 1.89. The molecule has 3 unspecified atom stereocenters. The molecule has 178 valence electrons. The maximum Gasteiger partial charge on any atom is 0.319 e. The first-order chi connectivity index (χ1) is 15.9. The fourth-order valence-corrected chi connectivity index (χ4v) is 6.36. The normalized spacial score (nSPS) is 31.3. The van der Waals surface area contributed by atoms with Gasteiger partial charge in [0.05, 0.1) is 28.6 Å².